The molecule has 3 heteroatoms. The van der Waals surface area contributed by atoms with Crippen molar-refractivity contribution in [2.75, 3.05) is 0 Å². The summed E-state index contributed by atoms with van der Waals surface area (Å²) in [5.41, 5.74) is 0.607. The lowest BCUT2D eigenvalue weighted by Gasteiger charge is -2.20. The molecule has 0 aromatic carbocycles. The quantitative estimate of drug-likeness (QED) is 0.580. The van der Waals surface area contributed by atoms with Gasteiger partial charge in [0.15, 0.2) is 5.78 Å². The maximum Gasteiger partial charge on any atom is 0.224 e. The molecule has 0 radical (unpaired) electrons. The first-order valence-electron chi connectivity index (χ1n) is 3.92. The standard InChI is InChI=1S/C9H9NO2/c1-6-5-8(11)7-3-2-4-10-9(7)12-6/h2-4,6H,5H2,1H3. The summed E-state index contributed by atoms with van der Waals surface area (Å²) in [6.07, 6.45) is 2.04. The fourth-order valence-corrected chi connectivity index (χ4v) is 1.30. The Hall–Kier alpha value is -1.38. The summed E-state index contributed by atoms with van der Waals surface area (Å²) < 4.78 is 5.37. The van der Waals surface area contributed by atoms with Gasteiger partial charge in [0.05, 0.1) is 5.56 Å². The van der Waals surface area contributed by atoms with Gasteiger partial charge in [-0.1, -0.05) is 0 Å². The van der Waals surface area contributed by atoms with Crippen LogP contribution < -0.4 is 4.74 Å². The van der Waals surface area contributed by atoms with Crippen LogP contribution in [0.1, 0.15) is 23.7 Å². The molecule has 2 heterocycles. The van der Waals surface area contributed by atoms with E-state index in [1.54, 1.807) is 18.3 Å². The average Bonchev–Trinajstić information content (AvgIpc) is 2.04. The summed E-state index contributed by atoms with van der Waals surface area (Å²) in [7, 11) is 0. The SMILES string of the molecule is CC1CC(=O)c2cccnc2O1. The van der Waals surface area contributed by atoms with Gasteiger partial charge >= 0.3 is 0 Å². The molecule has 1 aliphatic rings. The third-order valence-corrected chi connectivity index (χ3v) is 1.86. The summed E-state index contributed by atoms with van der Waals surface area (Å²) >= 11 is 0. The maximum absolute atomic E-state index is 11.4. The number of fused-ring (bicyclic) bond motifs is 1. The lowest BCUT2D eigenvalue weighted by Crippen LogP contribution is -2.24. The molecule has 1 aromatic rings. The molecule has 1 aliphatic heterocycles. The molecule has 0 amide bonds. The fraction of sp³-hybridized carbons (Fsp3) is 0.333. The Morgan fingerprint density at radius 3 is 3.33 bits per heavy atom. The molecule has 0 N–H and O–H groups in total. The van der Waals surface area contributed by atoms with E-state index < -0.39 is 0 Å². The second-order valence-corrected chi connectivity index (χ2v) is 2.91. The average molecular weight is 163 g/mol. The van der Waals surface area contributed by atoms with Crippen molar-refractivity contribution in [3.63, 3.8) is 0 Å². The predicted molar refractivity (Wildman–Crippen MR) is 43.3 cm³/mol. The van der Waals surface area contributed by atoms with Crippen LogP contribution in [0.2, 0.25) is 0 Å². The van der Waals surface area contributed by atoms with Crippen molar-refractivity contribution in [2.24, 2.45) is 0 Å². The summed E-state index contributed by atoms with van der Waals surface area (Å²) in [4.78, 5) is 15.4. The van der Waals surface area contributed by atoms with Crippen LogP contribution in [0.4, 0.5) is 0 Å². The van der Waals surface area contributed by atoms with Crippen LogP contribution in [0.3, 0.4) is 0 Å². The van der Waals surface area contributed by atoms with E-state index in [2.05, 4.69) is 4.98 Å². The third kappa shape index (κ3) is 1.07. The highest BCUT2D eigenvalue weighted by molar-refractivity contribution is 5.99. The molecular formula is C9H9NO2. The van der Waals surface area contributed by atoms with Gasteiger partial charge < -0.3 is 4.74 Å². The number of pyridine rings is 1. The molecule has 0 spiro atoms. The van der Waals surface area contributed by atoms with Gasteiger partial charge in [0.2, 0.25) is 5.88 Å². The molecule has 0 aliphatic carbocycles. The number of nitrogens with zero attached hydrogens (tertiary/aromatic N) is 1. The van der Waals surface area contributed by atoms with Crippen LogP contribution in [0.25, 0.3) is 0 Å². The van der Waals surface area contributed by atoms with Gasteiger partial charge in [0.1, 0.15) is 6.10 Å². The van der Waals surface area contributed by atoms with Crippen LogP contribution in [0.15, 0.2) is 18.3 Å². The van der Waals surface area contributed by atoms with E-state index in [1.807, 2.05) is 6.92 Å². The van der Waals surface area contributed by atoms with Gasteiger partial charge in [-0.05, 0) is 19.1 Å². The zero-order valence-corrected chi connectivity index (χ0v) is 6.78. The molecule has 1 aromatic heterocycles. The number of Topliss-reactive ketones (excluding diaryl/α,β-unsaturated/α-hetero) is 1. The van der Waals surface area contributed by atoms with Gasteiger partial charge in [-0.2, -0.15) is 0 Å². The minimum atomic E-state index is -0.0418. The van der Waals surface area contributed by atoms with Crippen LogP contribution >= 0.6 is 0 Å². The van der Waals surface area contributed by atoms with Crippen LogP contribution in [-0.2, 0) is 0 Å². The summed E-state index contributed by atoms with van der Waals surface area (Å²) in [5.74, 6) is 0.595. The molecule has 0 fully saturated rings. The highest BCUT2D eigenvalue weighted by Gasteiger charge is 2.23. The monoisotopic (exact) mass is 163 g/mol. The van der Waals surface area contributed by atoms with E-state index in [1.165, 1.54) is 0 Å². The van der Waals surface area contributed by atoms with E-state index in [-0.39, 0.29) is 11.9 Å². The number of carbonyl (C=O) groups is 1. The van der Waals surface area contributed by atoms with Crippen molar-refractivity contribution >= 4 is 5.78 Å². The number of ketones is 1. The highest BCUT2D eigenvalue weighted by atomic mass is 16.5. The number of hydrogen-bond donors (Lipinski definition) is 0. The van der Waals surface area contributed by atoms with Crippen LogP contribution in [-0.4, -0.2) is 16.9 Å². The molecule has 0 saturated heterocycles. The number of carbonyl (C=O) groups excluding carboxylic acids is 1. The van der Waals surface area contributed by atoms with Crippen molar-refractivity contribution in [2.45, 2.75) is 19.4 Å². The van der Waals surface area contributed by atoms with E-state index in [0.717, 1.165) is 0 Å². The normalized spacial score (nSPS) is 21.4. The lowest BCUT2D eigenvalue weighted by atomic mass is 10.0. The van der Waals surface area contributed by atoms with Crippen LogP contribution in [0, 0.1) is 0 Å². The number of ether oxygens (including phenoxy) is 1. The topological polar surface area (TPSA) is 39.2 Å². The van der Waals surface area contributed by atoms with Crippen molar-refractivity contribution in [1.82, 2.24) is 4.98 Å². The third-order valence-electron chi connectivity index (χ3n) is 1.86. The first-order valence-corrected chi connectivity index (χ1v) is 3.92. The summed E-state index contributed by atoms with van der Waals surface area (Å²) in [6, 6.07) is 3.49. The van der Waals surface area contributed by atoms with Crippen molar-refractivity contribution in [3.05, 3.63) is 23.9 Å². The van der Waals surface area contributed by atoms with E-state index in [0.29, 0.717) is 17.9 Å². The fourth-order valence-electron chi connectivity index (χ4n) is 1.30. The van der Waals surface area contributed by atoms with Crippen molar-refractivity contribution in [3.8, 4) is 5.88 Å². The van der Waals surface area contributed by atoms with Gasteiger partial charge in [-0.25, -0.2) is 4.98 Å². The Kier molecular flexibility index (Phi) is 1.57. The van der Waals surface area contributed by atoms with E-state index in [9.17, 15) is 4.79 Å². The van der Waals surface area contributed by atoms with Gasteiger partial charge in [0.25, 0.3) is 0 Å². The molecule has 62 valence electrons. The number of rotatable bonds is 0. The number of aromatic nitrogens is 1. The Morgan fingerprint density at radius 2 is 2.50 bits per heavy atom. The van der Waals surface area contributed by atoms with Gasteiger partial charge in [-0.15, -0.1) is 0 Å². The van der Waals surface area contributed by atoms with E-state index >= 15 is 0 Å². The van der Waals surface area contributed by atoms with E-state index in [4.69, 9.17) is 4.74 Å². The molecule has 2 rings (SSSR count). The smallest absolute Gasteiger partial charge is 0.224 e. The second-order valence-electron chi connectivity index (χ2n) is 2.91. The largest absolute Gasteiger partial charge is 0.474 e. The Balaban J connectivity index is 2.47. The first kappa shape index (κ1) is 7.28. The van der Waals surface area contributed by atoms with Crippen molar-refractivity contribution in [1.29, 1.82) is 0 Å². The molecule has 12 heavy (non-hydrogen) atoms. The van der Waals surface area contributed by atoms with Crippen molar-refractivity contribution < 1.29 is 9.53 Å². The molecule has 1 atom stereocenters. The molecule has 0 saturated carbocycles. The van der Waals surface area contributed by atoms with Crippen LogP contribution in [0.5, 0.6) is 5.88 Å². The Bertz CT molecular complexity index is 322. The molecule has 3 nitrogen and oxygen atoms in total. The minimum Gasteiger partial charge on any atom is -0.474 e. The zero-order chi connectivity index (χ0) is 8.55. The highest BCUT2D eigenvalue weighted by Crippen LogP contribution is 2.23. The summed E-state index contributed by atoms with van der Waals surface area (Å²) in [6.45, 7) is 1.87. The van der Waals surface area contributed by atoms with Gasteiger partial charge in [-0.3, -0.25) is 4.79 Å². The Labute approximate surface area is 70.4 Å². The predicted octanol–water partition coefficient (Wildman–Crippen LogP) is 1.44. The minimum absolute atomic E-state index is 0.0418. The van der Waals surface area contributed by atoms with Gasteiger partial charge in [0, 0.05) is 12.6 Å². The second kappa shape index (κ2) is 2.59. The summed E-state index contributed by atoms with van der Waals surface area (Å²) in [5, 5.41) is 0. The molecule has 1 unspecified atom stereocenters. The molecule has 0 bridgehead atoms. The zero-order valence-electron chi connectivity index (χ0n) is 6.78. The number of hydrogen-bond acceptors (Lipinski definition) is 3. The first-order chi connectivity index (χ1) is 5.77. The maximum atomic E-state index is 11.4. The molecular weight excluding hydrogens is 154 g/mol. The Morgan fingerprint density at radius 1 is 1.67 bits per heavy atom. The lowest BCUT2D eigenvalue weighted by molar-refractivity contribution is 0.0862.